The van der Waals surface area contributed by atoms with Gasteiger partial charge in [-0.15, -0.1) is 0 Å². The van der Waals surface area contributed by atoms with Gasteiger partial charge in [-0.05, 0) is 32.3 Å². The summed E-state index contributed by atoms with van der Waals surface area (Å²) in [6, 6.07) is -0.0120. The summed E-state index contributed by atoms with van der Waals surface area (Å²) >= 11 is 0. The first-order chi connectivity index (χ1) is 8.97. The fourth-order valence-corrected chi connectivity index (χ4v) is 2.34. The van der Waals surface area contributed by atoms with E-state index in [0.717, 1.165) is 5.56 Å². The third-order valence-corrected chi connectivity index (χ3v) is 3.52. The largest absolute Gasteiger partial charge is 0.351 e. The van der Waals surface area contributed by atoms with Crippen LogP contribution in [0.1, 0.15) is 38.7 Å². The van der Waals surface area contributed by atoms with Crippen LogP contribution in [0, 0.1) is 0 Å². The lowest BCUT2D eigenvalue weighted by molar-refractivity contribution is -0.128. The number of amides is 2. The Balaban J connectivity index is 1.83. The van der Waals surface area contributed by atoms with Crippen molar-refractivity contribution in [2.75, 3.05) is 0 Å². The first-order valence-electron chi connectivity index (χ1n) is 6.55. The molecular formula is C13H20N4O2. The highest BCUT2D eigenvalue weighted by Crippen LogP contribution is 2.19. The Labute approximate surface area is 112 Å². The van der Waals surface area contributed by atoms with Crippen LogP contribution in [0.4, 0.5) is 0 Å². The molecule has 2 heterocycles. The van der Waals surface area contributed by atoms with Crippen molar-refractivity contribution in [1.82, 2.24) is 20.8 Å². The molecule has 0 aliphatic carbocycles. The fourth-order valence-electron chi connectivity index (χ4n) is 2.34. The molecule has 6 nitrogen and oxygen atoms in total. The van der Waals surface area contributed by atoms with Crippen molar-refractivity contribution < 1.29 is 9.59 Å². The maximum atomic E-state index is 11.9. The number of carbonyl (C=O) groups is 2. The highest BCUT2D eigenvalue weighted by Gasteiger charge is 2.36. The smallest absolute Gasteiger partial charge is 0.220 e. The van der Waals surface area contributed by atoms with E-state index in [2.05, 4.69) is 20.8 Å². The van der Waals surface area contributed by atoms with Crippen molar-refractivity contribution in [2.24, 2.45) is 0 Å². The van der Waals surface area contributed by atoms with E-state index in [4.69, 9.17) is 0 Å². The normalized spacial score (nSPS) is 21.8. The Hall–Kier alpha value is -1.85. The molecule has 0 saturated carbocycles. The van der Waals surface area contributed by atoms with Crippen molar-refractivity contribution in [3.8, 4) is 0 Å². The number of aromatic amines is 1. The van der Waals surface area contributed by atoms with E-state index in [1.54, 1.807) is 12.4 Å². The minimum Gasteiger partial charge on any atom is -0.351 e. The summed E-state index contributed by atoms with van der Waals surface area (Å²) < 4.78 is 0. The van der Waals surface area contributed by atoms with Crippen LogP contribution in [-0.2, 0) is 16.0 Å². The Bertz CT molecular complexity index is 453. The van der Waals surface area contributed by atoms with E-state index in [-0.39, 0.29) is 23.4 Å². The molecular weight excluding hydrogens is 244 g/mol. The molecule has 1 aliphatic rings. The van der Waals surface area contributed by atoms with E-state index in [1.807, 2.05) is 13.8 Å². The van der Waals surface area contributed by atoms with Crippen LogP contribution in [-0.4, -0.2) is 33.6 Å². The summed E-state index contributed by atoms with van der Waals surface area (Å²) in [4.78, 5) is 23.3. The maximum absolute atomic E-state index is 11.9. The van der Waals surface area contributed by atoms with Crippen LogP contribution < -0.4 is 10.6 Å². The van der Waals surface area contributed by atoms with Gasteiger partial charge in [-0.3, -0.25) is 14.7 Å². The van der Waals surface area contributed by atoms with Crippen LogP contribution in [0.5, 0.6) is 0 Å². The van der Waals surface area contributed by atoms with Gasteiger partial charge in [0.05, 0.1) is 17.8 Å². The zero-order chi connectivity index (χ0) is 13.9. The van der Waals surface area contributed by atoms with Gasteiger partial charge in [-0.25, -0.2) is 0 Å². The molecule has 0 aromatic carbocycles. The van der Waals surface area contributed by atoms with Crippen molar-refractivity contribution in [3.05, 3.63) is 18.0 Å². The highest BCUT2D eigenvalue weighted by molar-refractivity contribution is 5.80. The third-order valence-electron chi connectivity index (χ3n) is 3.52. The van der Waals surface area contributed by atoms with Gasteiger partial charge in [0.2, 0.25) is 11.8 Å². The minimum atomic E-state index is -0.388. The first-order valence-corrected chi connectivity index (χ1v) is 6.55. The molecule has 1 fully saturated rings. The summed E-state index contributed by atoms with van der Waals surface area (Å²) in [5, 5.41) is 12.5. The van der Waals surface area contributed by atoms with Gasteiger partial charge in [-0.2, -0.15) is 5.10 Å². The van der Waals surface area contributed by atoms with Crippen LogP contribution >= 0.6 is 0 Å². The van der Waals surface area contributed by atoms with Crippen LogP contribution in [0.3, 0.4) is 0 Å². The molecule has 1 aromatic rings. The average molecular weight is 264 g/mol. The standard InChI is InChI=1S/C13H20N4O2/c1-13(2)10(4-6-12(19)17-13)16-11(18)5-3-9-7-14-15-8-9/h7-8,10H,3-6H2,1-2H3,(H,14,15)(H,16,18)(H,17,19). The average Bonchev–Trinajstić information content (AvgIpc) is 2.82. The molecule has 19 heavy (non-hydrogen) atoms. The number of rotatable bonds is 4. The number of carbonyl (C=O) groups excluding carboxylic acids is 2. The van der Waals surface area contributed by atoms with E-state index in [9.17, 15) is 9.59 Å². The number of hydrogen-bond donors (Lipinski definition) is 3. The number of H-pyrrole nitrogens is 1. The minimum absolute atomic E-state index is 0.00965. The van der Waals surface area contributed by atoms with Crippen molar-refractivity contribution in [1.29, 1.82) is 0 Å². The number of nitrogens with one attached hydrogen (secondary N) is 3. The number of hydrogen-bond acceptors (Lipinski definition) is 3. The van der Waals surface area contributed by atoms with Crippen molar-refractivity contribution in [3.63, 3.8) is 0 Å². The Morgan fingerprint density at radius 2 is 2.37 bits per heavy atom. The van der Waals surface area contributed by atoms with Crippen molar-refractivity contribution in [2.45, 2.75) is 51.1 Å². The summed E-state index contributed by atoms with van der Waals surface area (Å²) in [7, 11) is 0. The van der Waals surface area contributed by atoms with Gasteiger partial charge in [0.25, 0.3) is 0 Å². The lowest BCUT2D eigenvalue weighted by atomic mass is 9.86. The van der Waals surface area contributed by atoms with Gasteiger partial charge >= 0.3 is 0 Å². The Kier molecular flexibility index (Phi) is 3.87. The number of aryl methyl sites for hydroxylation is 1. The molecule has 1 aliphatic heterocycles. The summed E-state index contributed by atoms with van der Waals surface area (Å²) in [6.07, 6.45) is 5.77. The monoisotopic (exact) mass is 264 g/mol. The Morgan fingerprint density at radius 3 is 3.00 bits per heavy atom. The predicted octanol–water partition coefficient (Wildman–Crippen LogP) is 0.516. The van der Waals surface area contributed by atoms with Crippen LogP contribution in [0.2, 0.25) is 0 Å². The lowest BCUT2D eigenvalue weighted by Gasteiger charge is -2.39. The van der Waals surface area contributed by atoms with Crippen LogP contribution in [0.25, 0.3) is 0 Å². The predicted molar refractivity (Wildman–Crippen MR) is 70.3 cm³/mol. The zero-order valence-corrected chi connectivity index (χ0v) is 11.3. The topological polar surface area (TPSA) is 86.9 Å². The van der Waals surface area contributed by atoms with Gasteiger partial charge in [0.15, 0.2) is 0 Å². The molecule has 0 spiro atoms. The summed E-state index contributed by atoms with van der Waals surface area (Å²) in [5.74, 6) is 0.0596. The first kappa shape index (κ1) is 13.6. The Morgan fingerprint density at radius 1 is 1.58 bits per heavy atom. The molecule has 0 bridgehead atoms. The van der Waals surface area contributed by atoms with Gasteiger partial charge in [-0.1, -0.05) is 0 Å². The molecule has 0 radical (unpaired) electrons. The molecule has 6 heteroatoms. The molecule has 2 rings (SSSR count). The second-order valence-electron chi connectivity index (χ2n) is 5.54. The van der Waals surface area contributed by atoms with Crippen molar-refractivity contribution >= 4 is 11.8 Å². The second-order valence-corrected chi connectivity index (χ2v) is 5.54. The molecule has 3 N–H and O–H groups in total. The quantitative estimate of drug-likeness (QED) is 0.740. The maximum Gasteiger partial charge on any atom is 0.220 e. The van der Waals surface area contributed by atoms with Gasteiger partial charge < -0.3 is 10.6 Å². The van der Waals surface area contributed by atoms with Crippen LogP contribution in [0.15, 0.2) is 12.4 Å². The lowest BCUT2D eigenvalue weighted by Crippen LogP contribution is -2.62. The number of nitrogens with zero attached hydrogens (tertiary/aromatic N) is 1. The molecule has 2 amide bonds. The van der Waals surface area contributed by atoms with E-state index >= 15 is 0 Å². The molecule has 1 aromatic heterocycles. The number of aromatic nitrogens is 2. The van der Waals surface area contributed by atoms with E-state index in [0.29, 0.717) is 25.7 Å². The molecule has 104 valence electrons. The van der Waals surface area contributed by atoms with E-state index < -0.39 is 0 Å². The number of piperidine rings is 1. The second kappa shape index (κ2) is 5.42. The highest BCUT2D eigenvalue weighted by atomic mass is 16.2. The zero-order valence-electron chi connectivity index (χ0n) is 11.3. The molecule has 1 unspecified atom stereocenters. The fraction of sp³-hybridized carbons (Fsp3) is 0.615. The SMILES string of the molecule is CC1(C)NC(=O)CCC1NC(=O)CCc1cn[nH]c1. The summed E-state index contributed by atoms with van der Waals surface area (Å²) in [5.41, 5.74) is 0.632. The third kappa shape index (κ3) is 3.56. The molecule has 1 saturated heterocycles. The van der Waals surface area contributed by atoms with Gasteiger partial charge in [0.1, 0.15) is 0 Å². The summed E-state index contributed by atoms with van der Waals surface area (Å²) in [6.45, 7) is 3.87. The van der Waals surface area contributed by atoms with Gasteiger partial charge in [0, 0.05) is 19.0 Å². The van der Waals surface area contributed by atoms with E-state index in [1.165, 1.54) is 0 Å². The molecule has 1 atom stereocenters.